The predicted molar refractivity (Wildman–Crippen MR) is 93.5 cm³/mol. The van der Waals surface area contributed by atoms with Gasteiger partial charge in [-0.05, 0) is 46.3 Å². The number of aromatic nitrogens is 4. The fourth-order valence-electron chi connectivity index (χ4n) is 3.10. The van der Waals surface area contributed by atoms with Crippen LogP contribution in [0.15, 0.2) is 51.9 Å². The number of aliphatic imine (C=N–C) groups is 1. The molecule has 0 fully saturated rings. The predicted octanol–water partition coefficient (Wildman–Crippen LogP) is 3.28. The molecule has 25 heavy (non-hydrogen) atoms. The molecule has 1 aromatic heterocycles. The zero-order chi connectivity index (χ0) is 16.8. The zero-order valence-corrected chi connectivity index (χ0v) is 14.5. The summed E-state index contributed by atoms with van der Waals surface area (Å²) in [5, 5.41) is 11.9. The molecule has 0 N–H and O–H groups in total. The first kappa shape index (κ1) is 14.6. The highest BCUT2D eigenvalue weighted by Crippen LogP contribution is 2.36. The van der Waals surface area contributed by atoms with Gasteiger partial charge < -0.3 is 9.47 Å². The third-order valence-corrected chi connectivity index (χ3v) is 4.88. The topological polar surface area (TPSA) is 74.4 Å². The molecule has 0 radical (unpaired) electrons. The molecule has 0 aliphatic carbocycles. The Kier molecular flexibility index (Phi) is 3.30. The van der Waals surface area contributed by atoms with E-state index >= 15 is 0 Å². The van der Waals surface area contributed by atoms with Gasteiger partial charge in [-0.25, -0.2) is 9.67 Å². The van der Waals surface area contributed by atoms with Crippen LogP contribution in [-0.2, 0) is 0 Å². The summed E-state index contributed by atoms with van der Waals surface area (Å²) in [7, 11) is 0. The van der Waals surface area contributed by atoms with Crippen LogP contribution in [0.3, 0.4) is 0 Å². The Hall–Kier alpha value is -2.74. The number of nitrogens with zero attached hydrogens (tertiary/aromatic N) is 5. The van der Waals surface area contributed by atoms with Gasteiger partial charge in [0.25, 0.3) is 5.95 Å². The standard InChI is InChI=1S/C17H12BrN5O2/c18-12-4-1-10(2-5-12)14-8-13(19-17-20-21-22-23(14)17)11-3-6-15-16(7-11)25-9-24-15/h1-7,14H,8-9H2. The lowest BCUT2D eigenvalue weighted by Gasteiger charge is -2.23. The Morgan fingerprint density at radius 3 is 2.76 bits per heavy atom. The van der Waals surface area contributed by atoms with E-state index in [1.165, 1.54) is 0 Å². The minimum Gasteiger partial charge on any atom is -0.454 e. The quantitative estimate of drug-likeness (QED) is 0.663. The lowest BCUT2D eigenvalue weighted by molar-refractivity contribution is 0.174. The number of tetrazole rings is 1. The van der Waals surface area contributed by atoms with E-state index in [1.54, 1.807) is 4.68 Å². The van der Waals surface area contributed by atoms with E-state index < -0.39 is 0 Å². The van der Waals surface area contributed by atoms with E-state index in [9.17, 15) is 0 Å². The van der Waals surface area contributed by atoms with Gasteiger partial charge in [0, 0.05) is 16.5 Å². The summed E-state index contributed by atoms with van der Waals surface area (Å²) in [4.78, 5) is 4.63. The highest BCUT2D eigenvalue weighted by molar-refractivity contribution is 9.10. The summed E-state index contributed by atoms with van der Waals surface area (Å²) in [6.45, 7) is 0.255. The molecule has 0 spiro atoms. The molecular weight excluding hydrogens is 386 g/mol. The van der Waals surface area contributed by atoms with Crippen molar-refractivity contribution in [2.75, 3.05) is 6.79 Å². The van der Waals surface area contributed by atoms with Crippen molar-refractivity contribution in [3.05, 3.63) is 58.1 Å². The Balaban J connectivity index is 1.57. The van der Waals surface area contributed by atoms with Gasteiger partial charge in [0.15, 0.2) is 11.5 Å². The third kappa shape index (κ3) is 2.49. The largest absolute Gasteiger partial charge is 0.454 e. The molecule has 5 rings (SSSR count). The summed E-state index contributed by atoms with van der Waals surface area (Å²) in [6.07, 6.45) is 0.694. The smallest absolute Gasteiger partial charge is 0.269 e. The van der Waals surface area contributed by atoms with Gasteiger partial charge in [0.05, 0.1) is 11.8 Å². The summed E-state index contributed by atoms with van der Waals surface area (Å²) < 4.78 is 13.7. The number of hydrogen-bond donors (Lipinski definition) is 0. The number of fused-ring (bicyclic) bond motifs is 2. The van der Waals surface area contributed by atoms with Crippen LogP contribution in [0, 0.1) is 0 Å². The molecular formula is C17H12BrN5O2. The van der Waals surface area contributed by atoms with Gasteiger partial charge in [0.2, 0.25) is 6.79 Å². The summed E-state index contributed by atoms with van der Waals surface area (Å²) in [5.74, 6) is 2.01. The normalized spacial score (nSPS) is 18.0. The summed E-state index contributed by atoms with van der Waals surface area (Å²) in [5.41, 5.74) is 3.04. The van der Waals surface area contributed by atoms with Crippen LogP contribution >= 0.6 is 15.9 Å². The van der Waals surface area contributed by atoms with Crippen LogP contribution in [0.5, 0.6) is 11.5 Å². The van der Waals surface area contributed by atoms with E-state index in [0.29, 0.717) is 12.4 Å². The highest BCUT2D eigenvalue weighted by Gasteiger charge is 2.27. The Labute approximate surface area is 151 Å². The Bertz CT molecular complexity index is 983. The van der Waals surface area contributed by atoms with Gasteiger partial charge in [-0.2, -0.15) is 0 Å². The van der Waals surface area contributed by atoms with Gasteiger partial charge in [-0.1, -0.05) is 33.2 Å². The lowest BCUT2D eigenvalue weighted by atomic mass is 9.96. The van der Waals surface area contributed by atoms with Crippen LogP contribution < -0.4 is 9.47 Å². The first-order valence-electron chi connectivity index (χ1n) is 7.79. The fraction of sp³-hybridized carbons (Fsp3) is 0.176. The van der Waals surface area contributed by atoms with E-state index in [-0.39, 0.29) is 12.8 Å². The lowest BCUT2D eigenvalue weighted by Crippen LogP contribution is -2.21. The van der Waals surface area contributed by atoms with Gasteiger partial charge in [0.1, 0.15) is 0 Å². The molecule has 0 saturated carbocycles. The third-order valence-electron chi connectivity index (χ3n) is 4.35. The van der Waals surface area contributed by atoms with E-state index in [2.05, 4.69) is 48.6 Å². The molecule has 0 amide bonds. The molecule has 124 valence electrons. The van der Waals surface area contributed by atoms with Crippen molar-refractivity contribution in [3.63, 3.8) is 0 Å². The maximum absolute atomic E-state index is 5.48. The van der Waals surface area contributed by atoms with E-state index in [1.807, 2.05) is 30.3 Å². The number of benzene rings is 2. The van der Waals surface area contributed by atoms with Crippen molar-refractivity contribution in [2.24, 2.45) is 4.99 Å². The van der Waals surface area contributed by atoms with Gasteiger partial charge >= 0.3 is 0 Å². The van der Waals surface area contributed by atoms with Crippen LogP contribution in [0.25, 0.3) is 0 Å². The SMILES string of the molecule is Brc1ccc(C2CC(c3ccc4c(c3)OCO4)=Nc3nnnn32)cc1. The van der Waals surface area contributed by atoms with Crippen LogP contribution in [0.2, 0.25) is 0 Å². The molecule has 3 aromatic rings. The summed E-state index contributed by atoms with van der Waals surface area (Å²) >= 11 is 3.47. The van der Waals surface area contributed by atoms with E-state index in [0.717, 1.165) is 32.8 Å². The second kappa shape index (κ2) is 5.66. The number of hydrogen-bond acceptors (Lipinski definition) is 6. The Morgan fingerprint density at radius 1 is 1.04 bits per heavy atom. The maximum Gasteiger partial charge on any atom is 0.269 e. The molecule has 1 unspecified atom stereocenters. The molecule has 2 aliphatic rings. The minimum atomic E-state index is -0.00368. The molecule has 0 bridgehead atoms. The van der Waals surface area contributed by atoms with Crippen molar-refractivity contribution < 1.29 is 9.47 Å². The van der Waals surface area contributed by atoms with Gasteiger partial charge in [-0.3, -0.25) is 0 Å². The average molecular weight is 398 g/mol. The maximum atomic E-state index is 5.48. The molecule has 2 aromatic carbocycles. The molecule has 3 heterocycles. The minimum absolute atomic E-state index is 0.00368. The average Bonchev–Trinajstić information content (AvgIpc) is 3.29. The monoisotopic (exact) mass is 397 g/mol. The Morgan fingerprint density at radius 2 is 1.88 bits per heavy atom. The first-order valence-corrected chi connectivity index (χ1v) is 8.58. The number of halogens is 1. The van der Waals surface area contributed by atoms with E-state index in [4.69, 9.17) is 9.47 Å². The first-order chi connectivity index (χ1) is 12.3. The molecule has 0 saturated heterocycles. The highest BCUT2D eigenvalue weighted by atomic mass is 79.9. The van der Waals surface area contributed by atoms with Crippen molar-refractivity contribution in [2.45, 2.75) is 12.5 Å². The van der Waals surface area contributed by atoms with Crippen LogP contribution in [-0.4, -0.2) is 32.7 Å². The summed E-state index contributed by atoms with van der Waals surface area (Å²) in [6, 6.07) is 14.0. The fourth-order valence-corrected chi connectivity index (χ4v) is 3.37. The number of ether oxygens (including phenoxy) is 2. The molecule has 8 heteroatoms. The van der Waals surface area contributed by atoms with Gasteiger partial charge in [-0.15, -0.1) is 0 Å². The molecule has 1 atom stereocenters. The van der Waals surface area contributed by atoms with Crippen molar-refractivity contribution in [1.82, 2.24) is 20.2 Å². The van der Waals surface area contributed by atoms with Crippen LogP contribution in [0.1, 0.15) is 23.6 Å². The van der Waals surface area contributed by atoms with Crippen molar-refractivity contribution in [1.29, 1.82) is 0 Å². The van der Waals surface area contributed by atoms with Crippen molar-refractivity contribution >= 4 is 27.6 Å². The second-order valence-corrected chi connectivity index (χ2v) is 6.74. The van der Waals surface area contributed by atoms with Crippen molar-refractivity contribution in [3.8, 4) is 11.5 Å². The zero-order valence-electron chi connectivity index (χ0n) is 13.0. The number of rotatable bonds is 2. The second-order valence-electron chi connectivity index (χ2n) is 5.82. The van der Waals surface area contributed by atoms with Crippen LogP contribution in [0.4, 0.5) is 5.95 Å². The molecule has 2 aliphatic heterocycles. The molecule has 7 nitrogen and oxygen atoms in total.